The normalized spacial score (nSPS) is 11.2. The fourth-order valence-electron chi connectivity index (χ4n) is 2.04. The van der Waals surface area contributed by atoms with E-state index in [-0.39, 0.29) is 0 Å². The third-order valence-electron chi connectivity index (χ3n) is 2.79. The van der Waals surface area contributed by atoms with Gasteiger partial charge < -0.3 is 0 Å². The Kier molecular flexibility index (Phi) is 3.29. The molecule has 0 N–H and O–H groups in total. The summed E-state index contributed by atoms with van der Waals surface area (Å²) in [6, 6.07) is 7.91. The molecule has 3 rings (SSSR count). The Morgan fingerprint density at radius 1 is 1.28 bits per heavy atom. The van der Waals surface area contributed by atoms with Crippen molar-refractivity contribution in [2.75, 3.05) is 5.88 Å². The second kappa shape index (κ2) is 4.92. The van der Waals surface area contributed by atoms with Crippen molar-refractivity contribution in [2.24, 2.45) is 0 Å². The molecule has 0 aliphatic carbocycles. The number of aromatic nitrogens is 2. The summed E-state index contributed by atoms with van der Waals surface area (Å²) < 4.78 is 2.13. The number of rotatable bonds is 3. The van der Waals surface area contributed by atoms with Gasteiger partial charge in [-0.05, 0) is 23.6 Å². The number of hydrogen-bond donors (Lipinski definition) is 0. The third kappa shape index (κ3) is 1.92. The molecule has 3 aromatic rings. The summed E-state index contributed by atoms with van der Waals surface area (Å²) in [4.78, 5) is 4.61. The van der Waals surface area contributed by atoms with Crippen LogP contribution < -0.4 is 0 Å². The Balaban J connectivity index is 2.32. The van der Waals surface area contributed by atoms with Gasteiger partial charge >= 0.3 is 0 Å². The van der Waals surface area contributed by atoms with E-state index < -0.39 is 0 Å². The summed E-state index contributed by atoms with van der Waals surface area (Å²) in [7, 11) is 0. The molecule has 0 spiro atoms. The summed E-state index contributed by atoms with van der Waals surface area (Å²) in [5.74, 6) is 1.50. The summed E-state index contributed by atoms with van der Waals surface area (Å²) in [6.07, 6.45) is 0.725. The van der Waals surface area contributed by atoms with E-state index >= 15 is 0 Å². The molecule has 2 heterocycles. The summed E-state index contributed by atoms with van der Waals surface area (Å²) in [6.45, 7) is 0. The first-order chi connectivity index (χ1) is 8.81. The Morgan fingerprint density at radius 2 is 2.17 bits per heavy atom. The minimum absolute atomic E-state index is 0.547. The predicted octanol–water partition coefficient (Wildman–Crippen LogP) is 4.52. The van der Waals surface area contributed by atoms with Gasteiger partial charge in [-0.25, -0.2) is 4.98 Å². The van der Waals surface area contributed by atoms with E-state index in [1.54, 1.807) is 11.3 Å². The van der Waals surface area contributed by atoms with Crippen LogP contribution in [0.2, 0.25) is 5.02 Å². The van der Waals surface area contributed by atoms with E-state index in [1.165, 1.54) is 0 Å². The second-order valence-corrected chi connectivity index (χ2v) is 5.46. The molecule has 0 saturated carbocycles. The highest BCUT2D eigenvalue weighted by molar-refractivity contribution is 7.08. The van der Waals surface area contributed by atoms with Crippen LogP contribution in [0.4, 0.5) is 0 Å². The first-order valence-electron chi connectivity index (χ1n) is 5.55. The average molecular weight is 297 g/mol. The van der Waals surface area contributed by atoms with E-state index in [9.17, 15) is 0 Å². The van der Waals surface area contributed by atoms with Gasteiger partial charge in [-0.2, -0.15) is 11.3 Å². The highest BCUT2D eigenvalue weighted by atomic mass is 35.5. The molecule has 5 heteroatoms. The molecule has 0 aliphatic heterocycles. The van der Waals surface area contributed by atoms with Crippen LogP contribution in [0.25, 0.3) is 16.7 Å². The number of hydrogen-bond acceptors (Lipinski definition) is 2. The number of halogens is 2. The maximum Gasteiger partial charge on any atom is 0.115 e. The standard InChI is InChI=1S/C13H10Cl2N2S/c14-6-4-12-16-13-10(15)2-1-3-11(13)17(12)9-5-7-18-8-9/h1-3,5,7-8H,4,6H2. The molecule has 0 saturated heterocycles. The van der Waals surface area contributed by atoms with Crippen molar-refractivity contribution in [1.82, 2.24) is 9.55 Å². The number of alkyl halides is 1. The molecule has 0 bridgehead atoms. The number of fused-ring (bicyclic) bond motifs is 1. The molecule has 0 fully saturated rings. The molecular weight excluding hydrogens is 287 g/mol. The number of para-hydroxylation sites is 1. The van der Waals surface area contributed by atoms with Crippen molar-refractivity contribution in [3.8, 4) is 5.69 Å². The van der Waals surface area contributed by atoms with Crippen molar-refractivity contribution < 1.29 is 0 Å². The molecule has 0 atom stereocenters. The van der Waals surface area contributed by atoms with Crippen molar-refractivity contribution in [3.63, 3.8) is 0 Å². The van der Waals surface area contributed by atoms with Crippen LogP contribution in [-0.4, -0.2) is 15.4 Å². The second-order valence-electron chi connectivity index (χ2n) is 3.89. The molecular formula is C13H10Cl2N2S. The Bertz CT molecular complexity index is 674. The van der Waals surface area contributed by atoms with Crippen molar-refractivity contribution in [3.05, 3.63) is 45.9 Å². The minimum atomic E-state index is 0.547. The molecule has 0 amide bonds. The molecule has 18 heavy (non-hydrogen) atoms. The maximum atomic E-state index is 6.20. The van der Waals surface area contributed by atoms with Gasteiger partial charge in [-0.3, -0.25) is 4.57 Å². The van der Waals surface area contributed by atoms with Gasteiger partial charge in [0.15, 0.2) is 0 Å². The minimum Gasteiger partial charge on any atom is -0.295 e. The van der Waals surface area contributed by atoms with E-state index in [1.807, 2.05) is 18.2 Å². The number of thiophene rings is 1. The van der Waals surface area contributed by atoms with Crippen LogP contribution in [0.1, 0.15) is 5.82 Å². The van der Waals surface area contributed by atoms with Crippen LogP contribution in [0.15, 0.2) is 35.0 Å². The van der Waals surface area contributed by atoms with Crippen molar-refractivity contribution >= 4 is 45.6 Å². The van der Waals surface area contributed by atoms with E-state index in [0.717, 1.165) is 29.0 Å². The lowest BCUT2D eigenvalue weighted by Crippen LogP contribution is -2.00. The fourth-order valence-corrected chi connectivity index (χ4v) is 3.04. The lowest BCUT2D eigenvalue weighted by molar-refractivity contribution is 0.915. The van der Waals surface area contributed by atoms with Gasteiger partial charge in [0.25, 0.3) is 0 Å². The largest absolute Gasteiger partial charge is 0.295 e. The monoisotopic (exact) mass is 296 g/mol. The Labute approximate surface area is 119 Å². The van der Waals surface area contributed by atoms with E-state index in [0.29, 0.717) is 10.9 Å². The molecule has 92 valence electrons. The summed E-state index contributed by atoms with van der Waals surface area (Å²) >= 11 is 13.7. The molecule has 2 nitrogen and oxygen atoms in total. The van der Waals surface area contributed by atoms with Gasteiger partial charge in [0.05, 0.1) is 16.2 Å². The topological polar surface area (TPSA) is 17.8 Å². The van der Waals surface area contributed by atoms with Crippen molar-refractivity contribution in [1.29, 1.82) is 0 Å². The molecule has 0 radical (unpaired) electrons. The molecule has 1 aromatic carbocycles. The highest BCUT2D eigenvalue weighted by Gasteiger charge is 2.13. The highest BCUT2D eigenvalue weighted by Crippen LogP contribution is 2.28. The van der Waals surface area contributed by atoms with Gasteiger partial charge in [0.1, 0.15) is 11.3 Å². The summed E-state index contributed by atoms with van der Waals surface area (Å²) in [5.41, 5.74) is 2.98. The average Bonchev–Trinajstić information content (AvgIpc) is 2.96. The van der Waals surface area contributed by atoms with Crippen LogP contribution in [0, 0.1) is 0 Å². The first-order valence-corrected chi connectivity index (χ1v) is 7.41. The van der Waals surface area contributed by atoms with Gasteiger partial charge in [-0.1, -0.05) is 17.7 Å². The van der Waals surface area contributed by atoms with Crippen LogP contribution in [0.5, 0.6) is 0 Å². The van der Waals surface area contributed by atoms with E-state index in [2.05, 4.69) is 26.4 Å². The number of nitrogens with zero attached hydrogens (tertiary/aromatic N) is 2. The van der Waals surface area contributed by atoms with Gasteiger partial charge in [0, 0.05) is 17.7 Å². The molecule has 2 aromatic heterocycles. The van der Waals surface area contributed by atoms with E-state index in [4.69, 9.17) is 23.2 Å². The SMILES string of the molecule is ClCCc1nc2c(Cl)cccc2n1-c1ccsc1. The van der Waals surface area contributed by atoms with Gasteiger partial charge in [0.2, 0.25) is 0 Å². The number of benzene rings is 1. The zero-order valence-electron chi connectivity index (χ0n) is 9.44. The lowest BCUT2D eigenvalue weighted by atomic mass is 10.3. The molecule has 0 unspecified atom stereocenters. The maximum absolute atomic E-state index is 6.20. The first kappa shape index (κ1) is 12.0. The zero-order chi connectivity index (χ0) is 12.5. The Morgan fingerprint density at radius 3 is 2.89 bits per heavy atom. The lowest BCUT2D eigenvalue weighted by Gasteiger charge is -2.05. The number of aryl methyl sites for hydroxylation is 1. The van der Waals surface area contributed by atoms with Crippen LogP contribution in [0.3, 0.4) is 0 Å². The quantitative estimate of drug-likeness (QED) is 0.650. The van der Waals surface area contributed by atoms with Crippen LogP contribution >= 0.6 is 34.5 Å². The smallest absolute Gasteiger partial charge is 0.115 e. The number of imidazole rings is 1. The van der Waals surface area contributed by atoms with Crippen LogP contribution in [-0.2, 0) is 6.42 Å². The molecule has 0 aliphatic rings. The fraction of sp³-hybridized carbons (Fsp3) is 0.154. The van der Waals surface area contributed by atoms with Crippen molar-refractivity contribution in [2.45, 2.75) is 6.42 Å². The third-order valence-corrected chi connectivity index (χ3v) is 3.95. The zero-order valence-corrected chi connectivity index (χ0v) is 11.8. The predicted molar refractivity (Wildman–Crippen MR) is 78.4 cm³/mol. The Hall–Kier alpha value is -1.03. The van der Waals surface area contributed by atoms with Gasteiger partial charge in [-0.15, -0.1) is 11.6 Å². The summed E-state index contributed by atoms with van der Waals surface area (Å²) in [5, 5.41) is 4.83.